The van der Waals surface area contributed by atoms with Gasteiger partial charge in [-0.25, -0.2) is 8.78 Å². The summed E-state index contributed by atoms with van der Waals surface area (Å²) in [5.41, 5.74) is 0.0235. The van der Waals surface area contributed by atoms with Gasteiger partial charge in [-0.3, -0.25) is 19.4 Å². The molecule has 2 aromatic carbocycles. The van der Waals surface area contributed by atoms with Crippen LogP contribution in [0.2, 0.25) is 0 Å². The average Bonchev–Trinajstić information content (AvgIpc) is 3.28. The second-order valence-corrected chi connectivity index (χ2v) is 10.4. The quantitative estimate of drug-likeness (QED) is 0.491. The summed E-state index contributed by atoms with van der Waals surface area (Å²) in [5.74, 6) is -2.21. The zero-order valence-corrected chi connectivity index (χ0v) is 19.7. The Balaban J connectivity index is 1.85. The normalized spacial score (nSPS) is 29.1. The van der Waals surface area contributed by atoms with Crippen LogP contribution in [0.15, 0.2) is 55.1 Å². The van der Waals surface area contributed by atoms with Crippen LogP contribution in [0.5, 0.6) is 0 Å². The first-order valence-electron chi connectivity index (χ1n) is 10.4. The first-order valence-corrected chi connectivity index (χ1v) is 11.6. The number of hydrogen-bond donors (Lipinski definition) is 0. The molecule has 2 spiro atoms. The Kier molecular flexibility index (Phi) is 5.00. The van der Waals surface area contributed by atoms with Crippen molar-refractivity contribution < 1.29 is 18.4 Å². The molecule has 5 rings (SSSR count). The summed E-state index contributed by atoms with van der Waals surface area (Å²) < 4.78 is 27.7. The molecule has 2 fully saturated rings. The van der Waals surface area contributed by atoms with Crippen LogP contribution in [0.1, 0.15) is 17.0 Å². The van der Waals surface area contributed by atoms with E-state index >= 15 is 0 Å². The summed E-state index contributed by atoms with van der Waals surface area (Å²) in [6.45, 7) is 4.19. The highest BCUT2D eigenvalue weighted by atomic mass is 32.2. The molecule has 0 aliphatic carbocycles. The van der Waals surface area contributed by atoms with Gasteiger partial charge in [-0.2, -0.15) is 0 Å². The van der Waals surface area contributed by atoms with Crippen LogP contribution >= 0.6 is 24.0 Å². The molecule has 0 radical (unpaired) electrons. The third-order valence-electron chi connectivity index (χ3n) is 6.98. The number of anilines is 1. The molecule has 3 heterocycles. The van der Waals surface area contributed by atoms with Crippen molar-refractivity contribution >= 4 is 45.8 Å². The van der Waals surface area contributed by atoms with Crippen molar-refractivity contribution in [3.05, 3.63) is 77.9 Å². The van der Waals surface area contributed by atoms with E-state index in [2.05, 4.69) is 6.58 Å². The number of likely N-dealkylation sites (N-methyl/N-ethyl adjacent to an activating group) is 2. The van der Waals surface area contributed by atoms with Crippen molar-refractivity contribution in [3.63, 3.8) is 0 Å². The van der Waals surface area contributed by atoms with Gasteiger partial charge in [0.25, 0.3) is 5.91 Å². The molecule has 0 bridgehead atoms. The van der Waals surface area contributed by atoms with E-state index in [1.807, 2.05) is 0 Å². The lowest BCUT2D eigenvalue weighted by Crippen LogP contribution is -2.62. The van der Waals surface area contributed by atoms with E-state index in [-0.39, 0.29) is 24.9 Å². The van der Waals surface area contributed by atoms with Gasteiger partial charge in [0.1, 0.15) is 20.7 Å². The molecule has 0 aromatic heterocycles. The lowest BCUT2D eigenvalue weighted by Gasteiger charge is -2.42. The topological polar surface area (TPSA) is 43.9 Å². The maximum atomic E-state index is 14.6. The van der Waals surface area contributed by atoms with Crippen molar-refractivity contribution in [1.82, 2.24) is 9.80 Å². The van der Waals surface area contributed by atoms with Crippen molar-refractivity contribution in [2.75, 3.05) is 32.1 Å². The van der Waals surface area contributed by atoms with Gasteiger partial charge < -0.3 is 4.90 Å². The molecule has 3 aliphatic heterocycles. The molecule has 3 atom stereocenters. The Morgan fingerprint density at radius 2 is 1.88 bits per heavy atom. The molecule has 9 heteroatoms. The fraction of sp³-hybridized carbons (Fsp3) is 0.292. The highest BCUT2D eigenvalue weighted by molar-refractivity contribution is 8.25. The molecule has 5 nitrogen and oxygen atoms in total. The van der Waals surface area contributed by atoms with E-state index in [4.69, 9.17) is 12.2 Å². The predicted molar refractivity (Wildman–Crippen MR) is 128 cm³/mol. The van der Waals surface area contributed by atoms with Crippen molar-refractivity contribution in [1.29, 1.82) is 0 Å². The number of thiocarbonyl (C=S) groups is 1. The zero-order valence-electron chi connectivity index (χ0n) is 18.0. The Hall–Kier alpha value is -2.62. The molecule has 170 valence electrons. The smallest absolute Gasteiger partial charge is 0.254 e. The second kappa shape index (κ2) is 7.44. The van der Waals surface area contributed by atoms with E-state index in [0.29, 0.717) is 21.1 Å². The van der Waals surface area contributed by atoms with Crippen LogP contribution in [0.3, 0.4) is 0 Å². The molecular weight excluding hydrogens is 464 g/mol. The number of carbonyl (C=O) groups excluding carboxylic acids is 2. The number of benzene rings is 2. The third kappa shape index (κ3) is 2.64. The Labute approximate surface area is 200 Å². The monoisotopic (exact) mass is 485 g/mol. The summed E-state index contributed by atoms with van der Waals surface area (Å²) in [5, 5.41) is 0. The standard InChI is InChI=1S/C24H21F2N3O2S2/c1-4-10-29-21(31)24(33-22(29)32)18(14-6-5-7-15(25)11-14)13-27(2)23(24)17-12-16(26)8-9-19(17)28(3)20(23)30/h4-9,11-12,18H,1,10,13H2,2-3H3/t18-,23-,24-/m1/s1. The fourth-order valence-corrected chi connectivity index (χ4v) is 7.83. The van der Waals surface area contributed by atoms with Gasteiger partial charge in [0, 0.05) is 37.3 Å². The van der Waals surface area contributed by atoms with Gasteiger partial charge in [-0.05, 0) is 42.9 Å². The van der Waals surface area contributed by atoms with E-state index < -0.39 is 27.8 Å². The van der Waals surface area contributed by atoms with Gasteiger partial charge in [-0.1, -0.05) is 42.2 Å². The summed E-state index contributed by atoms with van der Waals surface area (Å²) in [4.78, 5) is 33.0. The summed E-state index contributed by atoms with van der Waals surface area (Å²) in [6, 6.07) is 10.2. The molecular formula is C24H21F2N3O2S2. The second-order valence-electron chi connectivity index (χ2n) is 8.53. The molecule has 2 aromatic rings. The van der Waals surface area contributed by atoms with Crippen LogP contribution in [0.25, 0.3) is 0 Å². The van der Waals surface area contributed by atoms with Crippen molar-refractivity contribution in [2.45, 2.75) is 16.2 Å². The lowest BCUT2D eigenvalue weighted by atomic mass is 9.72. The number of carbonyl (C=O) groups is 2. The maximum absolute atomic E-state index is 14.6. The SMILES string of the molecule is C=CCN1C(=O)[C@]2(SC1=S)[C@@H](c1cccc(F)c1)CN(C)[C@]21C(=O)N(C)c2ccc(F)cc21. The number of rotatable bonds is 3. The van der Waals surface area contributed by atoms with Crippen molar-refractivity contribution in [2.24, 2.45) is 0 Å². The van der Waals surface area contributed by atoms with Gasteiger partial charge in [0.2, 0.25) is 5.91 Å². The predicted octanol–water partition coefficient (Wildman–Crippen LogP) is 3.65. The van der Waals surface area contributed by atoms with E-state index in [1.54, 1.807) is 43.3 Å². The Morgan fingerprint density at radius 3 is 2.58 bits per heavy atom. The number of likely N-dealkylation sites (tertiary alicyclic amines) is 1. The fourth-order valence-electron chi connectivity index (χ4n) is 5.68. The minimum atomic E-state index is -1.52. The molecule has 3 aliphatic rings. The highest BCUT2D eigenvalue weighted by Crippen LogP contribution is 2.66. The van der Waals surface area contributed by atoms with Gasteiger partial charge in [0.15, 0.2) is 5.54 Å². The molecule has 2 saturated heterocycles. The molecule has 33 heavy (non-hydrogen) atoms. The number of hydrogen-bond acceptors (Lipinski definition) is 5. The number of amides is 2. The summed E-state index contributed by atoms with van der Waals surface area (Å²) >= 11 is 6.74. The number of nitrogens with zero attached hydrogens (tertiary/aromatic N) is 3. The number of thioether (sulfide) groups is 1. The van der Waals surface area contributed by atoms with Crippen molar-refractivity contribution in [3.8, 4) is 0 Å². The van der Waals surface area contributed by atoms with Crippen LogP contribution in [-0.4, -0.2) is 57.9 Å². The molecule has 0 unspecified atom stereocenters. The van der Waals surface area contributed by atoms with E-state index in [9.17, 15) is 18.4 Å². The van der Waals surface area contributed by atoms with Crippen LogP contribution in [-0.2, 0) is 15.1 Å². The van der Waals surface area contributed by atoms with Gasteiger partial charge in [0.05, 0.1) is 0 Å². The van der Waals surface area contributed by atoms with Crippen LogP contribution in [0, 0.1) is 11.6 Å². The maximum Gasteiger partial charge on any atom is 0.254 e. The first kappa shape index (κ1) is 22.2. The number of fused-ring (bicyclic) bond motifs is 3. The van der Waals surface area contributed by atoms with Crippen LogP contribution in [0.4, 0.5) is 14.5 Å². The molecule has 0 N–H and O–H groups in total. The lowest BCUT2D eigenvalue weighted by molar-refractivity contribution is -0.138. The molecule has 2 amide bonds. The first-order chi connectivity index (χ1) is 15.7. The third-order valence-corrected chi connectivity index (χ3v) is 8.92. The number of halogens is 2. The zero-order chi connectivity index (χ0) is 23.7. The summed E-state index contributed by atoms with van der Waals surface area (Å²) in [7, 11) is 3.37. The van der Waals surface area contributed by atoms with E-state index in [1.165, 1.54) is 34.1 Å². The highest BCUT2D eigenvalue weighted by Gasteiger charge is 2.78. The van der Waals surface area contributed by atoms with Gasteiger partial charge in [-0.15, -0.1) is 6.58 Å². The Bertz CT molecular complexity index is 1240. The average molecular weight is 486 g/mol. The minimum Gasteiger partial charge on any atom is -0.313 e. The largest absolute Gasteiger partial charge is 0.313 e. The van der Waals surface area contributed by atoms with Gasteiger partial charge >= 0.3 is 0 Å². The minimum absolute atomic E-state index is 0.183. The van der Waals surface area contributed by atoms with Crippen LogP contribution < -0.4 is 4.90 Å². The van der Waals surface area contributed by atoms with E-state index in [0.717, 1.165) is 11.8 Å². The molecule has 0 saturated carbocycles. The summed E-state index contributed by atoms with van der Waals surface area (Å²) in [6.07, 6.45) is 1.57. The Morgan fingerprint density at radius 1 is 1.15 bits per heavy atom.